The van der Waals surface area contributed by atoms with Gasteiger partial charge in [0.25, 0.3) is 0 Å². The monoisotopic (exact) mass is 260 g/mol. The van der Waals surface area contributed by atoms with E-state index in [1.54, 1.807) is 0 Å². The molecule has 6 nitrogen and oxygen atoms in total. The minimum Gasteiger partial charge on any atom is -0.324 e. The van der Waals surface area contributed by atoms with Crippen LogP contribution in [-0.2, 0) is 18.2 Å². The molecule has 0 aromatic carbocycles. The lowest BCUT2D eigenvalue weighted by molar-refractivity contribution is 0.206. The zero-order chi connectivity index (χ0) is 11.9. The van der Waals surface area contributed by atoms with Gasteiger partial charge in [-0.2, -0.15) is 0 Å². The molecule has 0 heterocycles. The maximum Gasteiger partial charge on any atom is 0.342 e. The molecule has 0 radical (unpaired) electrons. The van der Waals surface area contributed by atoms with Crippen molar-refractivity contribution in [1.82, 2.24) is 0 Å². The molecule has 0 aliphatic heterocycles. The Morgan fingerprint density at radius 2 is 1.40 bits per heavy atom. The molecule has 0 unspecified atom stereocenters. The molecule has 0 aromatic rings. The van der Waals surface area contributed by atoms with Crippen LogP contribution in [-0.4, -0.2) is 28.9 Å². The molecule has 0 saturated heterocycles. The number of hydrogen-bond donors (Lipinski definition) is 2. The first kappa shape index (κ1) is 15.3. The van der Waals surface area contributed by atoms with E-state index in [2.05, 4.69) is 0 Å². The van der Waals surface area contributed by atoms with Gasteiger partial charge in [-0.3, -0.25) is 9.13 Å². The number of hydrogen-bond acceptors (Lipinski definition) is 4. The molecule has 15 heavy (non-hydrogen) atoms. The average Bonchev–Trinajstić information content (AvgIpc) is 2.09. The van der Waals surface area contributed by atoms with Gasteiger partial charge in [-0.1, -0.05) is 13.8 Å². The van der Waals surface area contributed by atoms with E-state index >= 15 is 0 Å². The van der Waals surface area contributed by atoms with E-state index < -0.39 is 21.1 Å². The molecule has 0 saturated carbocycles. The third-order valence-electron chi connectivity index (χ3n) is 1.34. The SMILES string of the molecule is CCCOP(=O)(CP(=O)(O)O)OCCC. The fraction of sp³-hybridized carbons (Fsp3) is 1.00. The molecular weight excluding hydrogens is 242 g/mol. The van der Waals surface area contributed by atoms with Crippen LogP contribution in [0.15, 0.2) is 0 Å². The minimum absolute atomic E-state index is 0.168. The molecule has 92 valence electrons. The summed E-state index contributed by atoms with van der Waals surface area (Å²) in [4.78, 5) is 17.5. The zero-order valence-corrected chi connectivity index (χ0v) is 10.7. The Morgan fingerprint density at radius 1 is 1.00 bits per heavy atom. The Bertz CT molecular complexity index is 248. The first-order valence-corrected chi connectivity index (χ1v) is 8.28. The van der Waals surface area contributed by atoms with Crippen molar-refractivity contribution in [1.29, 1.82) is 0 Å². The quantitative estimate of drug-likeness (QED) is 0.649. The summed E-state index contributed by atoms with van der Waals surface area (Å²) in [6, 6.07) is 0. The smallest absolute Gasteiger partial charge is 0.324 e. The van der Waals surface area contributed by atoms with E-state index in [4.69, 9.17) is 18.8 Å². The second-order valence-electron chi connectivity index (χ2n) is 3.08. The molecular formula is C7H18O6P2. The third-order valence-corrected chi connectivity index (χ3v) is 5.35. The average molecular weight is 260 g/mol. The number of rotatable bonds is 8. The Kier molecular flexibility index (Phi) is 6.93. The molecule has 8 heteroatoms. The lowest BCUT2D eigenvalue weighted by Gasteiger charge is -2.18. The Morgan fingerprint density at radius 3 is 1.67 bits per heavy atom. The molecule has 0 amide bonds. The molecule has 0 aliphatic rings. The molecule has 0 rings (SSSR count). The highest BCUT2D eigenvalue weighted by Gasteiger charge is 2.33. The Labute approximate surface area is 89.7 Å². The van der Waals surface area contributed by atoms with Crippen LogP contribution < -0.4 is 0 Å². The van der Waals surface area contributed by atoms with Gasteiger partial charge in [-0.15, -0.1) is 0 Å². The van der Waals surface area contributed by atoms with E-state index in [-0.39, 0.29) is 13.2 Å². The van der Waals surface area contributed by atoms with Crippen molar-refractivity contribution >= 4 is 15.2 Å². The maximum atomic E-state index is 11.8. The van der Waals surface area contributed by atoms with Crippen LogP contribution >= 0.6 is 15.2 Å². The summed E-state index contributed by atoms with van der Waals surface area (Å²) in [5, 5.41) is 0. The first-order valence-electron chi connectivity index (χ1n) is 4.75. The predicted octanol–water partition coefficient (Wildman–Crippen LogP) is 2.17. The minimum atomic E-state index is -4.38. The summed E-state index contributed by atoms with van der Waals surface area (Å²) >= 11 is 0. The van der Waals surface area contributed by atoms with Crippen molar-refractivity contribution in [2.75, 3.05) is 19.1 Å². The summed E-state index contributed by atoms with van der Waals surface area (Å²) in [6.07, 6.45) is 1.22. The summed E-state index contributed by atoms with van der Waals surface area (Å²) in [7, 11) is -8.02. The second-order valence-corrected chi connectivity index (χ2v) is 7.28. The van der Waals surface area contributed by atoms with Crippen molar-refractivity contribution in [3.63, 3.8) is 0 Å². The highest BCUT2D eigenvalue weighted by atomic mass is 31.2. The van der Waals surface area contributed by atoms with Gasteiger partial charge in [0.2, 0.25) is 0 Å². The van der Waals surface area contributed by atoms with E-state index in [0.717, 1.165) is 0 Å². The van der Waals surface area contributed by atoms with Crippen molar-refractivity contribution in [3.05, 3.63) is 0 Å². The fourth-order valence-electron chi connectivity index (χ4n) is 0.805. The molecule has 0 atom stereocenters. The van der Waals surface area contributed by atoms with Gasteiger partial charge in [-0.25, -0.2) is 0 Å². The Balaban J connectivity index is 4.40. The predicted molar refractivity (Wildman–Crippen MR) is 57.0 cm³/mol. The molecule has 0 aliphatic carbocycles. The first-order chi connectivity index (χ1) is 6.83. The van der Waals surface area contributed by atoms with Crippen LogP contribution in [0.1, 0.15) is 26.7 Å². The van der Waals surface area contributed by atoms with Crippen molar-refractivity contribution in [3.8, 4) is 0 Å². The molecule has 0 bridgehead atoms. The summed E-state index contributed by atoms with van der Waals surface area (Å²) in [5.41, 5.74) is 0. The Hall–Kier alpha value is 0.300. The largest absolute Gasteiger partial charge is 0.342 e. The normalized spacial score (nSPS) is 13.1. The molecule has 0 spiro atoms. The highest BCUT2D eigenvalue weighted by molar-refractivity contribution is 7.70. The standard InChI is InChI=1S/C7H18O6P2/c1-3-5-12-15(11,13-6-4-2)7-14(8,9)10/h3-7H2,1-2H3,(H2,8,9,10). The van der Waals surface area contributed by atoms with Gasteiger partial charge < -0.3 is 18.8 Å². The van der Waals surface area contributed by atoms with Crippen LogP contribution in [0, 0.1) is 0 Å². The van der Waals surface area contributed by atoms with E-state index in [9.17, 15) is 9.13 Å². The van der Waals surface area contributed by atoms with Crippen molar-refractivity contribution in [2.24, 2.45) is 0 Å². The summed E-state index contributed by atoms with van der Waals surface area (Å²) < 4.78 is 32.3. The molecule has 2 N–H and O–H groups in total. The van der Waals surface area contributed by atoms with E-state index in [0.29, 0.717) is 12.8 Å². The van der Waals surface area contributed by atoms with Gasteiger partial charge >= 0.3 is 15.2 Å². The van der Waals surface area contributed by atoms with Gasteiger partial charge in [0, 0.05) is 0 Å². The van der Waals surface area contributed by atoms with Gasteiger partial charge in [0.1, 0.15) is 0 Å². The zero-order valence-electron chi connectivity index (χ0n) is 8.96. The van der Waals surface area contributed by atoms with Crippen LogP contribution in [0.2, 0.25) is 0 Å². The van der Waals surface area contributed by atoms with Crippen LogP contribution in [0.4, 0.5) is 0 Å². The third kappa shape index (κ3) is 8.14. The van der Waals surface area contributed by atoms with Crippen LogP contribution in [0.5, 0.6) is 0 Å². The van der Waals surface area contributed by atoms with Crippen LogP contribution in [0.25, 0.3) is 0 Å². The van der Waals surface area contributed by atoms with E-state index in [1.165, 1.54) is 0 Å². The van der Waals surface area contributed by atoms with E-state index in [1.807, 2.05) is 13.8 Å². The summed E-state index contributed by atoms with van der Waals surface area (Å²) in [5.74, 6) is -0.847. The van der Waals surface area contributed by atoms with Crippen molar-refractivity contribution in [2.45, 2.75) is 26.7 Å². The maximum absolute atomic E-state index is 11.8. The van der Waals surface area contributed by atoms with Gasteiger partial charge in [-0.05, 0) is 12.8 Å². The highest BCUT2D eigenvalue weighted by Crippen LogP contribution is 2.59. The lowest BCUT2D eigenvalue weighted by Crippen LogP contribution is -2.02. The lowest BCUT2D eigenvalue weighted by atomic mass is 10.5. The van der Waals surface area contributed by atoms with Crippen molar-refractivity contribution < 1.29 is 28.0 Å². The second kappa shape index (κ2) is 6.79. The fourth-order valence-corrected chi connectivity index (χ4v) is 4.26. The molecule has 0 fully saturated rings. The van der Waals surface area contributed by atoms with Gasteiger partial charge in [0.05, 0.1) is 13.2 Å². The van der Waals surface area contributed by atoms with Gasteiger partial charge in [0.15, 0.2) is 5.90 Å². The molecule has 0 aromatic heterocycles. The topological polar surface area (TPSA) is 93.1 Å². The van der Waals surface area contributed by atoms with Crippen LogP contribution in [0.3, 0.4) is 0 Å². The summed E-state index contributed by atoms with van der Waals surface area (Å²) in [6.45, 7) is 3.95.